The maximum absolute atomic E-state index is 11.6. The van der Waals surface area contributed by atoms with Crippen molar-refractivity contribution in [2.75, 3.05) is 0 Å². The van der Waals surface area contributed by atoms with Crippen molar-refractivity contribution in [1.82, 2.24) is 9.97 Å². The van der Waals surface area contributed by atoms with Crippen LogP contribution in [0.1, 0.15) is 5.56 Å². The van der Waals surface area contributed by atoms with Gasteiger partial charge in [-0.25, -0.2) is 9.59 Å². The number of para-hydroxylation sites is 2. The molecule has 0 amide bonds. The van der Waals surface area contributed by atoms with E-state index in [4.69, 9.17) is 20.2 Å². The second-order valence-corrected chi connectivity index (χ2v) is 6.34. The first-order valence-corrected chi connectivity index (χ1v) is 9.03. The maximum Gasteiger partial charge on any atom is 0.343 e. The Morgan fingerprint density at radius 3 is 2.48 bits per heavy atom. The molecule has 31 heavy (non-hydrogen) atoms. The fourth-order valence-electron chi connectivity index (χ4n) is 2.75. The number of rotatable bonds is 4. The third-order valence-corrected chi connectivity index (χ3v) is 4.31. The number of carboxylic acids is 1. The molecular weight excluding hydrogens is 402 g/mol. The Balaban J connectivity index is 0.000000225. The van der Waals surface area contributed by atoms with Crippen LogP contribution < -0.4 is 4.74 Å². The Morgan fingerprint density at radius 1 is 1.03 bits per heavy atom. The zero-order valence-electron chi connectivity index (χ0n) is 16.0. The van der Waals surface area contributed by atoms with Crippen LogP contribution in [0.5, 0.6) is 5.75 Å². The van der Waals surface area contributed by atoms with Crippen LogP contribution in [-0.4, -0.2) is 49.4 Å². The summed E-state index contributed by atoms with van der Waals surface area (Å²) in [5, 5.41) is 37.5. The molecule has 0 fully saturated rings. The highest BCUT2D eigenvalue weighted by Crippen LogP contribution is 2.27. The second kappa shape index (κ2) is 9.49. The average molecular weight is 419 g/mol. The van der Waals surface area contributed by atoms with Gasteiger partial charge in [0.25, 0.3) is 0 Å². The van der Waals surface area contributed by atoms with Crippen molar-refractivity contribution in [2.45, 2.75) is 12.2 Å². The summed E-state index contributed by atoms with van der Waals surface area (Å²) in [6, 6.07) is 18.8. The SMILES string of the molecule is N#Cc1cccc2c(OC(=O)C(O)C(O)C(=O)O)c[nH]c12.c1ccc2ncccc2c1. The van der Waals surface area contributed by atoms with Gasteiger partial charge in [0.05, 0.1) is 16.6 Å². The minimum Gasteiger partial charge on any atom is -0.479 e. The van der Waals surface area contributed by atoms with Gasteiger partial charge in [-0.3, -0.25) is 4.98 Å². The molecule has 4 N–H and O–H groups in total. The fraction of sp³-hybridized carbons (Fsp3) is 0.0909. The number of benzene rings is 2. The first-order valence-electron chi connectivity index (χ1n) is 9.03. The monoisotopic (exact) mass is 419 g/mol. The lowest BCUT2D eigenvalue weighted by Crippen LogP contribution is -2.41. The number of aromatic nitrogens is 2. The summed E-state index contributed by atoms with van der Waals surface area (Å²) in [4.78, 5) is 29.0. The van der Waals surface area contributed by atoms with E-state index < -0.39 is 24.1 Å². The number of nitrogens with zero attached hydrogens (tertiary/aromatic N) is 2. The van der Waals surface area contributed by atoms with Crippen LogP contribution in [0.25, 0.3) is 21.8 Å². The number of pyridine rings is 1. The van der Waals surface area contributed by atoms with Crippen LogP contribution in [0.15, 0.2) is 67.0 Å². The molecule has 2 heterocycles. The lowest BCUT2D eigenvalue weighted by Gasteiger charge is -2.12. The standard InChI is InChI=1S/C13H10N2O6.C9H7N/c14-4-6-2-1-3-7-8(5-15-9(6)7)21-13(20)11(17)10(16)12(18)19;1-2-6-9-8(4-1)5-3-7-10-9/h1-3,5,10-11,15-17H,(H,18,19);1-7H. The van der Waals surface area contributed by atoms with Gasteiger partial charge in [-0.05, 0) is 24.3 Å². The van der Waals surface area contributed by atoms with E-state index in [2.05, 4.69) is 22.1 Å². The first kappa shape index (κ1) is 21.4. The molecule has 9 nitrogen and oxygen atoms in total. The molecule has 0 saturated heterocycles. The molecule has 0 radical (unpaired) electrons. The summed E-state index contributed by atoms with van der Waals surface area (Å²) in [6.07, 6.45) is -1.39. The lowest BCUT2D eigenvalue weighted by molar-refractivity contribution is -0.164. The molecule has 0 aliphatic heterocycles. The number of nitriles is 1. The highest BCUT2D eigenvalue weighted by atomic mass is 16.6. The van der Waals surface area contributed by atoms with Crippen LogP contribution in [0.2, 0.25) is 0 Å². The van der Waals surface area contributed by atoms with Gasteiger partial charge in [0, 0.05) is 23.2 Å². The van der Waals surface area contributed by atoms with Crippen molar-refractivity contribution in [1.29, 1.82) is 5.26 Å². The first-order chi connectivity index (χ1) is 14.9. The Kier molecular flexibility index (Phi) is 6.57. The lowest BCUT2D eigenvalue weighted by atomic mass is 10.1. The number of aliphatic hydroxyl groups is 2. The molecule has 0 bridgehead atoms. The number of hydrogen-bond acceptors (Lipinski definition) is 7. The summed E-state index contributed by atoms with van der Waals surface area (Å²) in [6.45, 7) is 0. The van der Waals surface area contributed by atoms with Crippen molar-refractivity contribution < 1.29 is 29.6 Å². The smallest absolute Gasteiger partial charge is 0.343 e. The Labute approximate surface area is 175 Å². The Hall–Kier alpha value is -4.26. The van der Waals surface area contributed by atoms with E-state index >= 15 is 0 Å². The molecule has 0 aliphatic rings. The summed E-state index contributed by atoms with van der Waals surface area (Å²) in [5.74, 6) is -3.04. The van der Waals surface area contributed by atoms with Crippen LogP contribution in [0.3, 0.4) is 0 Å². The predicted molar refractivity (Wildman–Crippen MR) is 110 cm³/mol. The number of ether oxygens (including phenoxy) is 1. The fourth-order valence-corrected chi connectivity index (χ4v) is 2.75. The molecule has 2 aromatic heterocycles. The van der Waals surface area contributed by atoms with Gasteiger partial charge in [-0.15, -0.1) is 0 Å². The molecule has 4 rings (SSSR count). The Morgan fingerprint density at radius 2 is 1.77 bits per heavy atom. The number of aliphatic hydroxyl groups excluding tert-OH is 2. The predicted octanol–water partition coefficient (Wildman–Crippen LogP) is 1.99. The molecule has 0 saturated carbocycles. The van der Waals surface area contributed by atoms with Gasteiger partial charge in [0.15, 0.2) is 18.0 Å². The van der Waals surface area contributed by atoms with Crippen molar-refractivity contribution in [3.63, 3.8) is 0 Å². The average Bonchev–Trinajstić information content (AvgIpc) is 3.21. The summed E-state index contributed by atoms with van der Waals surface area (Å²) in [5.41, 5.74) is 1.84. The van der Waals surface area contributed by atoms with E-state index in [1.54, 1.807) is 18.2 Å². The van der Waals surface area contributed by atoms with Gasteiger partial charge in [-0.1, -0.05) is 30.3 Å². The highest BCUT2D eigenvalue weighted by molar-refractivity contribution is 5.93. The minimum absolute atomic E-state index is 0.0174. The number of carbonyl (C=O) groups excluding carboxylic acids is 1. The topological polar surface area (TPSA) is 157 Å². The van der Waals surface area contributed by atoms with Crippen molar-refractivity contribution in [2.24, 2.45) is 0 Å². The van der Waals surface area contributed by atoms with Gasteiger partial charge in [0.2, 0.25) is 0 Å². The van der Waals surface area contributed by atoms with E-state index in [1.165, 1.54) is 11.6 Å². The number of carbonyl (C=O) groups is 2. The van der Waals surface area contributed by atoms with Crippen LogP contribution in [0.4, 0.5) is 0 Å². The summed E-state index contributed by atoms with van der Waals surface area (Å²) < 4.78 is 4.85. The van der Waals surface area contributed by atoms with E-state index in [0.717, 1.165) is 5.52 Å². The molecule has 0 aliphatic carbocycles. The molecule has 156 valence electrons. The minimum atomic E-state index is -2.28. The number of H-pyrrole nitrogens is 1. The molecule has 2 atom stereocenters. The maximum atomic E-state index is 11.6. The van der Waals surface area contributed by atoms with E-state index in [-0.39, 0.29) is 5.75 Å². The summed E-state index contributed by atoms with van der Waals surface area (Å²) in [7, 11) is 0. The second-order valence-electron chi connectivity index (χ2n) is 6.34. The number of esters is 1. The Bertz CT molecular complexity index is 1210. The quantitative estimate of drug-likeness (QED) is 0.366. The zero-order chi connectivity index (χ0) is 22.4. The third kappa shape index (κ3) is 4.84. The number of hydrogen-bond donors (Lipinski definition) is 4. The van der Waals surface area contributed by atoms with Crippen molar-refractivity contribution in [3.8, 4) is 11.8 Å². The molecule has 0 spiro atoms. The summed E-state index contributed by atoms with van der Waals surface area (Å²) >= 11 is 0. The normalized spacial score (nSPS) is 12.3. The number of carboxylic acid groups (broad SMARTS) is 1. The highest BCUT2D eigenvalue weighted by Gasteiger charge is 2.32. The van der Waals surface area contributed by atoms with Crippen LogP contribution in [-0.2, 0) is 9.59 Å². The number of fused-ring (bicyclic) bond motifs is 2. The largest absolute Gasteiger partial charge is 0.479 e. The molecule has 2 aromatic carbocycles. The van der Waals surface area contributed by atoms with Gasteiger partial charge >= 0.3 is 11.9 Å². The van der Waals surface area contributed by atoms with Crippen molar-refractivity contribution >= 4 is 33.7 Å². The van der Waals surface area contributed by atoms with E-state index in [0.29, 0.717) is 16.5 Å². The number of nitrogens with one attached hydrogen (secondary N) is 1. The number of aliphatic carboxylic acids is 1. The molecule has 4 aromatic rings. The van der Waals surface area contributed by atoms with Gasteiger partial charge in [0.1, 0.15) is 6.07 Å². The van der Waals surface area contributed by atoms with E-state index in [1.807, 2.05) is 36.5 Å². The van der Waals surface area contributed by atoms with Gasteiger partial charge < -0.3 is 25.0 Å². The molecule has 9 heteroatoms. The van der Waals surface area contributed by atoms with Gasteiger partial charge in [-0.2, -0.15) is 5.26 Å². The van der Waals surface area contributed by atoms with Crippen molar-refractivity contribution in [3.05, 3.63) is 72.6 Å². The zero-order valence-corrected chi connectivity index (χ0v) is 16.0. The molecular formula is C22H17N3O6. The third-order valence-electron chi connectivity index (χ3n) is 4.31. The van der Waals surface area contributed by atoms with Crippen LogP contribution in [0, 0.1) is 11.3 Å². The molecule has 2 unspecified atom stereocenters. The number of aromatic amines is 1. The van der Waals surface area contributed by atoms with E-state index in [9.17, 15) is 14.7 Å². The van der Waals surface area contributed by atoms with Crippen LogP contribution >= 0.6 is 0 Å².